The lowest BCUT2D eigenvalue weighted by Gasteiger charge is -2.00. The molecule has 0 spiro atoms. The van der Waals surface area contributed by atoms with Crippen molar-refractivity contribution in [2.45, 2.75) is 6.42 Å². The van der Waals surface area contributed by atoms with Crippen LogP contribution in [0.1, 0.15) is 12.0 Å². The normalized spacial score (nSPS) is 10.7. The molecule has 3 nitrogen and oxygen atoms in total. The number of hydrogen-bond acceptors (Lipinski definition) is 3. The average Bonchev–Trinajstić information content (AvgIpc) is 2.21. The fourth-order valence-electron chi connectivity index (χ4n) is 1.09. The van der Waals surface area contributed by atoms with Crippen LogP contribution in [0.2, 0.25) is 0 Å². The minimum Gasteiger partial charge on any atom is -0.508 e. The minimum absolute atomic E-state index is 0.0732. The molecule has 1 aromatic carbocycles. The Balaban J connectivity index is 2.85. The summed E-state index contributed by atoms with van der Waals surface area (Å²) in [5.74, 6) is -2.77. The predicted octanol–water partition coefficient (Wildman–Crippen LogP) is 2.25. The van der Waals surface area contributed by atoms with Crippen LogP contribution >= 0.6 is 0 Å². The van der Waals surface area contributed by atoms with E-state index in [1.54, 1.807) is 0 Å². The average molecular weight is 228 g/mol. The molecule has 86 valence electrons. The molecule has 0 aliphatic carbocycles. The van der Waals surface area contributed by atoms with Crippen molar-refractivity contribution >= 4 is 12.0 Å². The quantitative estimate of drug-likeness (QED) is 0.807. The van der Waals surface area contributed by atoms with Gasteiger partial charge in [0.25, 0.3) is 0 Å². The molecule has 0 radical (unpaired) electrons. The van der Waals surface area contributed by atoms with E-state index < -0.39 is 23.4 Å². The van der Waals surface area contributed by atoms with E-state index in [4.69, 9.17) is 5.11 Å². The maximum Gasteiger partial charge on any atom is 0.309 e. The molecule has 0 saturated carbocycles. The van der Waals surface area contributed by atoms with E-state index in [1.165, 1.54) is 13.2 Å². The Morgan fingerprint density at radius 2 is 2.00 bits per heavy atom. The summed E-state index contributed by atoms with van der Waals surface area (Å²) in [5, 5.41) is 8.89. The third kappa shape index (κ3) is 3.05. The van der Waals surface area contributed by atoms with Crippen LogP contribution in [0.3, 0.4) is 0 Å². The zero-order chi connectivity index (χ0) is 12.1. The molecule has 0 atom stereocenters. The number of esters is 1. The summed E-state index contributed by atoms with van der Waals surface area (Å²) >= 11 is 0. The van der Waals surface area contributed by atoms with Gasteiger partial charge in [0.15, 0.2) is 0 Å². The molecule has 0 heterocycles. The SMILES string of the molecule is COC(=O)CC=Cc1c(F)cc(O)cc1F. The van der Waals surface area contributed by atoms with Crippen molar-refractivity contribution in [1.82, 2.24) is 0 Å². The number of benzene rings is 1. The van der Waals surface area contributed by atoms with E-state index in [9.17, 15) is 13.6 Å². The van der Waals surface area contributed by atoms with Gasteiger partial charge in [0.05, 0.1) is 13.5 Å². The Morgan fingerprint density at radius 1 is 1.44 bits per heavy atom. The van der Waals surface area contributed by atoms with Gasteiger partial charge in [-0.2, -0.15) is 0 Å². The van der Waals surface area contributed by atoms with E-state index >= 15 is 0 Å². The number of phenolic OH excluding ortho intramolecular Hbond substituents is 1. The maximum atomic E-state index is 13.2. The number of halogens is 2. The Kier molecular flexibility index (Phi) is 3.99. The highest BCUT2D eigenvalue weighted by Gasteiger charge is 2.08. The van der Waals surface area contributed by atoms with Crippen LogP contribution in [0.4, 0.5) is 8.78 Å². The van der Waals surface area contributed by atoms with Crippen molar-refractivity contribution in [3.8, 4) is 5.75 Å². The molecule has 0 aromatic heterocycles. The van der Waals surface area contributed by atoms with Gasteiger partial charge in [-0.1, -0.05) is 12.2 Å². The van der Waals surface area contributed by atoms with Crippen LogP contribution in [0, 0.1) is 11.6 Å². The standard InChI is InChI=1S/C11H10F2O3/c1-16-11(15)4-2-3-8-9(12)5-7(14)6-10(8)13/h2-3,5-6,14H,4H2,1H3. The Bertz CT molecular complexity index is 404. The molecular formula is C11H10F2O3. The first kappa shape index (κ1) is 12.2. The molecule has 0 aliphatic rings. The number of carbonyl (C=O) groups is 1. The summed E-state index contributed by atoms with van der Waals surface area (Å²) in [6.45, 7) is 0. The molecule has 0 saturated heterocycles. The molecule has 1 aromatic rings. The number of methoxy groups -OCH3 is 1. The molecule has 0 unspecified atom stereocenters. The van der Waals surface area contributed by atoms with Gasteiger partial charge >= 0.3 is 5.97 Å². The largest absolute Gasteiger partial charge is 0.508 e. The van der Waals surface area contributed by atoms with Gasteiger partial charge in [0.1, 0.15) is 17.4 Å². The van der Waals surface area contributed by atoms with Gasteiger partial charge < -0.3 is 9.84 Å². The third-order valence-electron chi connectivity index (χ3n) is 1.86. The molecule has 0 amide bonds. The van der Waals surface area contributed by atoms with Crippen LogP contribution < -0.4 is 0 Å². The van der Waals surface area contributed by atoms with Crippen molar-refractivity contribution in [2.75, 3.05) is 7.11 Å². The number of rotatable bonds is 3. The molecule has 0 bridgehead atoms. The highest BCUT2D eigenvalue weighted by Crippen LogP contribution is 2.20. The molecule has 5 heteroatoms. The smallest absolute Gasteiger partial charge is 0.309 e. The number of aromatic hydroxyl groups is 1. The highest BCUT2D eigenvalue weighted by atomic mass is 19.1. The summed E-state index contributed by atoms with van der Waals surface area (Å²) in [7, 11) is 1.22. The highest BCUT2D eigenvalue weighted by molar-refractivity contribution is 5.72. The van der Waals surface area contributed by atoms with Crippen molar-refractivity contribution in [1.29, 1.82) is 0 Å². The van der Waals surface area contributed by atoms with Crippen molar-refractivity contribution in [2.24, 2.45) is 0 Å². The van der Waals surface area contributed by atoms with Gasteiger partial charge in [-0.05, 0) is 0 Å². The Morgan fingerprint density at radius 3 is 2.50 bits per heavy atom. The topological polar surface area (TPSA) is 46.5 Å². The Labute approximate surface area is 91.0 Å². The predicted molar refractivity (Wildman–Crippen MR) is 53.7 cm³/mol. The number of carbonyl (C=O) groups excluding carboxylic acids is 1. The summed E-state index contributed by atoms with van der Waals surface area (Å²) in [5.41, 5.74) is -0.304. The van der Waals surface area contributed by atoms with E-state index in [-0.39, 0.29) is 12.0 Å². The first-order valence-electron chi connectivity index (χ1n) is 4.46. The molecular weight excluding hydrogens is 218 g/mol. The van der Waals surface area contributed by atoms with E-state index in [2.05, 4.69) is 4.74 Å². The van der Waals surface area contributed by atoms with E-state index in [0.717, 1.165) is 18.2 Å². The van der Waals surface area contributed by atoms with Gasteiger partial charge in [0, 0.05) is 17.7 Å². The summed E-state index contributed by atoms with van der Waals surface area (Å²) in [6.07, 6.45) is 2.33. The van der Waals surface area contributed by atoms with Gasteiger partial charge in [-0.3, -0.25) is 4.79 Å². The summed E-state index contributed by atoms with van der Waals surface area (Å²) < 4.78 is 30.7. The maximum absolute atomic E-state index is 13.2. The number of hydrogen-bond donors (Lipinski definition) is 1. The lowest BCUT2D eigenvalue weighted by molar-refractivity contribution is -0.139. The molecule has 1 N–H and O–H groups in total. The summed E-state index contributed by atoms with van der Waals surface area (Å²) in [6, 6.07) is 1.59. The molecule has 1 rings (SSSR count). The first-order chi connectivity index (χ1) is 7.54. The second-order valence-corrected chi connectivity index (χ2v) is 3.01. The van der Waals surface area contributed by atoms with Crippen LogP contribution in [-0.4, -0.2) is 18.2 Å². The van der Waals surface area contributed by atoms with Crippen LogP contribution in [0.5, 0.6) is 5.75 Å². The zero-order valence-electron chi connectivity index (χ0n) is 8.54. The lowest BCUT2D eigenvalue weighted by Crippen LogP contribution is -1.97. The second kappa shape index (κ2) is 5.25. The number of phenols is 1. The fraction of sp³-hybridized carbons (Fsp3) is 0.182. The van der Waals surface area contributed by atoms with Crippen molar-refractivity contribution in [3.05, 3.63) is 35.4 Å². The number of ether oxygens (including phenoxy) is 1. The molecule has 0 aliphatic heterocycles. The summed E-state index contributed by atoms with van der Waals surface area (Å²) in [4.78, 5) is 10.7. The van der Waals surface area contributed by atoms with E-state index in [0.29, 0.717) is 0 Å². The van der Waals surface area contributed by atoms with E-state index in [1.807, 2.05) is 0 Å². The molecule has 0 fully saturated rings. The Hall–Kier alpha value is -1.91. The minimum atomic E-state index is -0.890. The third-order valence-corrected chi connectivity index (χ3v) is 1.86. The first-order valence-corrected chi connectivity index (χ1v) is 4.46. The fourth-order valence-corrected chi connectivity index (χ4v) is 1.09. The zero-order valence-corrected chi connectivity index (χ0v) is 8.54. The van der Waals surface area contributed by atoms with Crippen LogP contribution in [-0.2, 0) is 9.53 Å². The van der Waals surface area contributed by atoms with Crippen molar-refractivity contribution < 1.29 is 23.4 Å². The van der Waals surface area contributed by atoms with Gasteiger partial charge in [-0.15, -0.1) is 0 Å². The van der Waals surface area contributed by atoms with Crippen LogP contribution in [0.25, 0.3) is 6.08 Å². The van der Waals surface area contributed by atoms with Crippen molar-refractivity contribution in [3.63, 3.8) is 0 Å². The van der Waals surface area contributed by atoms with Crippen LogP contribution in [0.15, 0.2) is 18.2 Å². The second-order valence-electron chi connectivity index (χ2n) is 3.01. The van der Waals surface area contributed by atoms with Gasteiger partial charge in [-0.25, -0.2) is 8.78 Å². The monoisotopic (exact) mass is 228 g/mol. The lowest BCUT2D eigenvalue weighted by atomic mass is 10.1. The molecule has 16 heavy (non-hydrogen) atoms. The van der Waals surface area contributed by atoms with Gasteiger partial charge in [0.2, 0.25) is 0 Å².